The summed E-state index contributed by atoms with van der Waals surface area (Å²) in [6.45, 7) is 2.08. The van der Waals surface area contributed by atoms with E-state index in [9.17, 15) is 14.3 Å². The minimum atomic E-state index is -0.426. The van der Waals surface area contributed by atoms with Gasteiger partial charge in [-0.2, -0.15) is 4.98 Å². The Morgan fingerprint density at radius 1 is 1.38 bits per heavy atom. The Labute approximate surface area is 126 Å². The molecular weight excluding hydrogens is 291 g/mol. The number of nitrogens with one attached hydrogen (secondary N) is 1. The number of aromatic nitrogens is 2. The van der Waals surface area contributed by atoms with Crippen LogP contribution in [-0.2, 0) is 6.42 Å². The first-order chi connectivity index (χ1) is 10.1. The molecule has 21 heavy (non-hydrogen) atoms. The molecule has 0 amide bonds. The minimum absolute atomic E-state index is 0.0146. The topological polar surface area (TPSA) is 66.0 Å². The van der Waals surface area contributed by atoms with Crippen molar-refractivity contribution in [3.63, 3.8) is 0 Å². The lowest BCUT2D eigenvalue weighted by Crippen LogP contribution is -2.16. The maximum absolute atomic E-state index is 13.6. The molecule has 6 heteroatoms. The Morgan fingerprint density at radius 3 is 2.81 bits per heavy atom. The van der Waals surface area contributed by atoms with Gasteiger partial charge in [0, 0.05) is 12.2 Å². The SMILES string of the molecule is CCCCSc1nc(O)c(Cc2ccccc2F)c(=O)[nH]1. The summed E-state index contributed by atoms with van der Waals surface area (Å²) in [6, 6.07) is 6.17. The van der Waals surface area contributed by atoms with Crippen molar-refractivity contribution in [2.45, 2.75) is 31.3 Å². The fourth-order valence-electron chi connectivity index (χ4n) is 1.84. The first-order valence-corrected chi connectivity index (χ1v) is 7.78. The molecule has 1 aromatic heterocycles. The van der Waals surface area contributed by atoms with E-state index < -0.39 is 11.4 Å². The first kappa shape index (κ1) is 15.6. The summed E-state index contributed by atoms with van der Waals surface area (Å²) in [5, 5.41) is 10.3. The Balaban J connectivity index is 2.21. The van der Waals surface area contributed by atoms with Gasteiger partial charge in [0.05, 0.1) is 5.56 Å². The third-order valence-corrected chi connectivity index (χ3v) is 3.99. The van der Waals surface area contributed by atoms with E-state index in [0.717, 1.165) is 18.6 Å². The zero-order chi connectivity index (χ0) is 15.2. The minimum Gasteiger partial charge on any atom is -0.493 e. The summed E-state index contributed by atoms with van der Waals surface area (Å²) >= 11 is 1.39. The van der Waals surface area contributed by atoms with Crippen molar-refractivity contribution in [1.29, 1.82) is 0 Å². The highest BCUT2D eigenvalue weighted by atomic mass is 32.2. The molecule has 0 saturated carbocycles. The van der Waals surface area contributed by atoms with Crippen molar-refractivity contribution >= 4 is 11.8 Å². The Kier molecular flexibility index (Phi) is 5.38. The van der Waals surface area contributed by atoms with Gasteiger partial charge in [-0.3, -0.25) is 4.79 Å². The molecule has 0 unspecified atom stereocenters. The van der Waals surface area contributed by atoms with Gasteiger partial charge in [0.1, 0.15) is 5.82 Å². The lowest BCUT2D eigenvalue weighted by Gasteiger charge is -2.06. The molecule has 2 aromatic rings. The number of hydrogen-bond acceptors (Lipinski definition) is 4. The van der Waals surface area contributed by atoms with Crippen LogP contribution >= 0.6 is 11.8 Å². The van der Waals surface area contributed by atoms with E-state index in [-0.39, 0.29) is 17.9 Å². The van der Waals surface area contributed by atoms with Crippen LogP contribution in [0.1, 0.15) is 30.9 Å². The van der Waals surface area contributed by atoms with E-state index in [1.54, 1.807) is 18.2 Å². The van der Waals surface area contributed by atoms with Gasteiger partial charge >= 0.3 is 0 Å². The highest BCUT2D eigenvalue weighted by Gasteiger charge is 2.13. The van der Waals surface area contributed by atoms with Crippen molar-refractivity contribution in [3.8, 4) is 5.88 Å². The first-order valence-electron chi connectivity index (χ1n) is 6.80. The van der Waals surface area contributed by atoms with E-state index in [1.165, 1.54) is 17.8 Å². The summed E-state index contributed by atoms with van der Waals surface area (Å²) in [5.41, 5.74) is 0.0104. The average Bonchev–Trinajstić information content (AvgIpc) is 2.45. The summed E-state index contributed by atoms with van der Waals surface area (Å²) in [5.74, 6) is 0.0876. The molecule has 0 aliphatic rings. The standard InChI is InChI=1S/C15H17FN2O2S/c1-2-3-8-21-15-17-13(19)11(14(20)18-15)9-10-6-4-5-7-12(10)16/h4-7H,2-3,8-9H2,1H3,(H2,17,18,19,20). The summed E-state index contributed by atoms with van der Waals surface area (Å²) in [6.07, 6.45) is 2.07. The third-order valence-electron chi connectivity index (χ3n) is 3.03. The highest BCUT2D eigenvalue weighted by molar-refractivity contribution is 7.99. The monoisotopic (exact) mass is 308 g/mol. The number of nitrogens with zero attached hydrogens (tertiary/aromatic N) is 1. The van der Waals surface area contributed by atoms with Crippen molar-refractivity contribution in [2.75, 3.05) is 5.75 Å². The number of aromatic hydroxyl groups is 1. The van der Waals surface area contributed by atoms with Crippen molar-refractivity contribution < 1.29 is 9.50 Å². The fourth-order valence-corrected chi connectivity index (χ4v) is 2.78. The summed E-state index contributed by atoms with van der Waals surface area (Å²) < 4.78 is 13.6. The van der Waals surface area contributed by atoms with E-state index in [4.69, 9.17) is 0 Å². The van der Waals surface area contributed by atoms with E-state index in [1.807, 2.05) is 0 Å². The smallest absolute Gasteiger partial charge is 0.258 e. The van der Waals surface area contributed by atoms with Gasteiger partial charge in [0.25, 0.3) is 5.56 Å². The predicted molar refractivity (Wildman–Crippen MR) is 81.4 cm³/mol. The molecule has 2 N–H and O–H groups in total. The van der Waals surface area contributed by atoms with E-state index in [0.29, 0.717) is 10.7 Å². The second-order valence-electron chi connectivity index (χ2n) is 4.64. The Hall–Kier alpha value is -1.82. The number of unbranched alkanes of at least 4 members (excludes halogenated alkanes) is 1. The molecule has 0 radical (unpaired) electrons. The Morgan fingerprint density at radius 2 is 2.14 bits per heavy atom. The molecule has 0 aliphatic carbocycles. The molecule has 4 nitrogen and oxygen atoms in total. The van der Waals surface area contributed by atoms with Crippen LogP contribution in [-0.4, -0.2) is 20.8 Å². The molecule has 2 rings (SSSR count). The van der Waals surface area contributed by atoms with Gasteiger partial charge in [0.15, 0.2) is 5.16 Å². The molecule has 0 aliphatic heterocycles. The molecular formula is C15H17FN2O2S. The number of rotatable bonds is 6. The number of thioether (sulfide) groups is 1. The molecule has 1 aromatic carbocycles. The van der Waals surface area contributed by atoms with Gasteiger partial charge in [-0.25, -0.2) is 4.39 Å². The van der Waals surface area contributed by atoms with Crippen LogP contribution in [0, 0.1) is 5.82 Å². The van der Waals surface area contributed by atoms with Gasteiger partial charge in [0.2, 0.25) is 5.88 Å². The maximum atomic E-state index is 13.6. The molecule has 0 bridgehead atoms. The number of H-pyrrole nitrogens is 1. The molecule has 0 atom stereocenters. The average molecular weight is 308 g/mol. The van der Waals surface area contributed by atoms with Crippen LogP contribution in [0.5, 0.6) is 5.88 Å². The normalized spacial score (nSPS) is 10.8. The zero-order valence-electron chi connectivity index (χ0n) is 11.7. The van der Waals surface area contributed by atoms with Crippen molar-refractivity contribution in [2.24, 2.45) is 0 Å². The van der Waals surface area contributed by atoms with Crippen LogP contribution < -0.4 is 5.56 Å². The van der Waals surface area contributed by atoms with Crippen molar-refractivity contribution in [1.82, 2.24) is 9.97 Å². The maximum Gasteiger partial charge on any atom is 0.258 e. The molecule has 0 fully saturated rings. The van der Waals surface area contributed by atoms with Crippen LogP contribution in [0.15, 0.2) is 34.2 Å². The number of aromatic amines is 1. The van der Waals surface area contributed by atoms with Crippen molar-refractivity contribution in [3.05, 3.63) is 51.6 Å². The van der Waals surface area contributed by atoms with E-state index in [2.05, 4.69) is 16.9 Å². The molecule has 0 spiro atoms. The number of benzene rings is 1. The van der Waals surface area contributed by atoms with Crippen LogP contribution in [0.25, 0.3) is 0 Å². The fraction of sp³-hybridized carbons (Fsp3) is 0.333. The quantitative estimate of drug-likeness (QED) is 0.489. The number of hydrogen-bond donors (Lipinski definition) is 2. The van der Waals surface area contributed by atoms with Gasteiger partial charge in [-0.15, -0.1) is 0 Å². The second-order valence-corrected chi connectivity index (χ2v) is 5.73. The van der Waals surface area contributed by atoms with E-state index >= 15 is 0 Å². The summed E-state index contributed by atoms with van der Waals surface area (Å²) in [4.78, 5) is 18.6. The van der Waals surface area contributed by atoms with Gasteiger partial charge < -0.3 is 10.1 Å². The lowest BCUT2D eigenvalue weighted by atomic mass is 10.1. The van der Waals surface area contributed by atoms with Crippen LogP contribution in [0.4, 0.5) is 4.39 Å². The predicted octanol–water partition coefficient (Wildman–Crippen LogP) is 3.10. The lowest BCUT2D eigenvalue weighted by molar-refractivity contribution is 0.436. The zero-order valence-corrected chi connectivity index (χ0v) is 12.5. The summed E-state index contributed by atoms with van der Waals surface area (Å²) in [7, 11) is 0. The van der Waals surface area contributed by atoms with Crippen LogP contribution in [0.2, 0.25) is 0 Å². The third kappa shape index (κ3) is 4.07. The van der Waals surface area contributed by atoms with Gasteiger partial charge in [-0.05, 0) is 18.1 Å². The Bertz CT molecular complexity index is 673. The largest absolute Gasteiger partial charge is 0.493 e. The highest BCUT2D eigenvalue weighted by Crippen LogP contribution is 2.20. The number of halogens is 1. The van der Waals surface area contributed by atoms with Crippen LogP contribution in [0.3, 0.4) is 0 Å². The molecule has 1 heterocycles. The molecule has 112 valence electrons. The van der Waals surface area contributed by atoms with Gasteiger partial charge in [-0.1, -0.05) is 43.3 Å². The molecule has 0 saturated heterocycles. The second kappa shape index (κ2) is 7.26.